The summed E-state index contributed by atoms with van der Waals surface area (Å²) in [6.45, 7) is 1.95. The molecule has 2 aromatic carbocycles. The van der Waals surface area contributed by atoms with E-state index in [9.17, 15) is 18.0 Å². The van der Waals surface area contributed by atoms with Crippen LogP contribution in [0, 0.1) is 0 Å². The lowest BCUT2D eigenvalue weighted by atomic mass is 10.1. The van der Waals surface area contributed by atoms with E-state index in [0.29, 0.717) is 24.1 Å². The van der Waals surface area contributed by atoms with Gasteiger partial charge in [-0.25, -0.2) is 18.4 Å². The smallest absolute Gasteiger partial charge is 0.335 e. The Morgan fingerprint density at radius 1 is 1.10 bits per heavy atom. The third kappa shape index (κ3) is 5.05. The fraction of sp³-hybridized carbons (Fsp3) is 0.238. The molecule has 8 nitrogen and oxygen atoms in total. The molecular weight excluding hydrogens is 406 g/mol. The number of hydrogen-bond donors (Lipinski definition) is 3. The molecular formula is C21H23N3O5S. The van der Waals surface area contributed by atoms with Crippen LogP contribution in [-0.2, 0) is 19.6 Å². The van der Waals surface area contributed by atoms with Crippen molar-refractivity contribution in [3.8, 4) is 0 Å². The number of carbonyl (C=O) groups is 2. The second-order valence-electron chi connectivity index (χ2n) is 6.74. The zero-order valence-corrected chi connectivity index (χ0v) is 17.2. The number of nitrogens with two attached hydrogens (primary N) is 1. The molecule has 0 radical (unpaired) electrons. The molecule has 2 aromatic rings. The first-order valence-corrected chi connectivity index (χ1v) is 11.0. The zero-order valence-electron chi connectivity index (χ0n) is 16.4. The lowest BCUT2D eigenvalue weighted by molar-refractivity contribution is -0.138. The van der Waals surface area contributed by atoms with E-state index in [4.69, 9.17) is 9.88 Å². The molecule has 30 heavy (non-hydrogen) atoms. The van der Waals surface area contributed by atoms with Gasteiger partial charge in [0.05, 0.1) is 28.8 Å². The van der Waals surface area contributed by atoms with Crippen LogP contribution >= 0.6 is 0 Å². The first-order chi connectivity index (χ1) is 14.3. The van der Waals surface area contributed by atoms with E-state index in [0.717, 1.165) is 5.69 Å². The zero-order chi connectivity index (χ0) is 21.7. The monoisotopic (exact) mass is 429 g/mol. The predicted octanol–water partition coefficient (Wildman–Crippen LogP) is 2.16. The molecule has 0 bridgehead atoms. The molecule has 1 aliphatic carbocycles. The summed E-state index contributed by atoms with van der Waals surface area (Å²) in [5.41, 5.74) is 1.97. The highest BCUT2D eigenvalue weighted by atomic mass is 32.2. The highest BCUT2D eigenvalue weighted by molar-refractivity contribution is 7.89. The van der Waals surface area contributed by atoms with Crippen LogP contribution in [0.25, 0.3) is 0 Å². The minimum atomic E-state index is -3.85. The maximum Gasteiger partial charge on any atom is 0.335 e. The molecule has 0 aromatic heterocycles. The van der Waals surface area contributed by atoms with Crippen LogP contribution in [0.1, 0.15) is 30.1 Å². The van der Waals surface area contributed by atoms with Crippen LogP contribution in [0.3, 0.4) is 0 Å². The Labute approximate surface area is 175 Å². The van der Waals surface area contributed by atoms with Gasteiger partial charge < -0.3 is 15.4 Å². The number of anilines is 1. The van der Waals surface area contributed by atoms with Gasteiger partial charge in [0.2, 0.25) is 10.0 Å². The number of rotatable bonds is 7. The van der Waals surface area contributed by atoms with Gasteiger partial charge in [-0.2, -0.15) is 0 Å². The molecule has 0 aliphatic heterocycles. The fourth-order valence-electron chi connectivity index (χ4n) is 3.24. The Bertz CT molecular complexity index is 1060. The first-order valence-electron chi connectivity index (χ1n) is 9.45. The van der Waals surface area contributed by atoms with Crippen LogP contribution in [0.5, 0.6) is 0 Å². The third-order valence-corrected chi connectivity index (χ3v) is 5.62. The van der Waals surface area contributed by atoms with Crippen molar-refractivity contribution in [2.75, 3.05) is 11.9 Å². The molecule has 1 amide bonds. The van der Waals surface area contributed by atoms with E-state index >= 15 is 0 Å². The molecule has 9 heteroatoms. The van der Waals surface area contributed by atoms with Crippen LogP contribution < -0.4 is 15.8 Å². The van der Waals surface area contributed by atoms with Crippen molar-refractivity contribution >= 4 is 27.6 Å². The van der Waals surface area contributed by atoms with Crippen molar-refractivity contribution in [3.63, 3.8) is 0 Å². The number of para-hydroxylation sites is 1. The fourth-order valence-corrected chi connectivity index (χ4v) is 3.76. The predicted molar refractivity (Wildman–Crippen MR) is 112 cm³/mol. The number of sulfonamides is 1. The Balaban J connectivity index is 1.85. The number of primary sulfonamides is 1. The molecule has 158 valence electrons. The number of benzene rings is 2. The summed E-state index contributed by atoms with van der Waals surface area (Å²) in [5, 5.41) is 11.2. The van der Waals surface area contributed by atoms with Gasteiger partial charge in [0.25, 0.3) is 5.91 Å². The Morgan fingerprint density at radius 3 is 2.37 bits per heavy atom. The molecule has 1 atom stereocenters. The molecule has 3 rings (SSSR count). The Kier molecular flexibility index (Phi) is 6.53. The average molecular weight is 429 g/mol. The molecule has 1 aliphatic rings. The van der Waals surface area contributed by atoms with Crippen molar-refractivity contribution in [1.29, 1.82) is 0 Å². The second kappa shape index (κ2) is 9.10. The number of ether oxygens (including phenoxy) is 1. The number of carbonyl (C=O) groups excluding carboxylic acids is 2. The van der Waals surface area contributed by atoms with E-state index in [-0.39, 0.29) is 23.1 Å². The van der Waals surface area contributed by atoms with Crippen LogP contribution in [0.4, 0.5) is 5.69 Å². The first kappa shape index (κ1) is 21.5. The van der Waals surface area contributed by atoms with E-state index in [1.807, 2.05) is 30.3 Å². The maximum atomic E-state index is 12.8. The lowest BCUT2D eigenvalue weighted by Gasteiger charge is -2.19. The van der Waals surface area contributed by atoms with Crippen molar-refractivity contribution in [3.05, 3.63) is 71.4 Å². The number of hydrogen-bond acceptors (Lipinski definition) is 6. The highest BCUT2D eigenvalue weighted by Gasteiger charge is 2.31. The highest BCUT2D eigenvalue weighted by Crippen LogP contribution is 2.29. The SMILES string of the molecule is CCOC(=O)C1=C(NC(=O)c2ccc(S(N)(=O)=O)cc2)C(Nc2ccccc2)CC1. The third-order valence-electron chi connectivity index (χ3n) is 4.69. The largest absolute Gasteiger partial charge is 0.463 e. The summed E-state index contributed by atoms with van der Waals surface area (Å²) < 4.78 is 27.9. The average Bonchev–Trinajstić information content (AvgIpc) is 3.10. The number of esters is 1. The van der Waals surface area contributed by atoms with Gasteiger partial charge in [0, 0.05) is 11.3 Å². The van der Waals surface area contributed by atoms with Gasteiger partial charge in [0.15, 0.2) is 0 Å². The summed E-state index contributed by atoms with van der Waals surface area (Å²) >= 11 is 0. The second-order valence-corrected chi connectivity index (χ2v) is 8.30. The molecule has 4 N–H and O–H groups in total. The van der Waals surface area contributed by atoms with Crippen molar-refractivity contribution in [2.45, 2.75) is 30.7 Å². The Hall–Kier alpha value is -3.17. The maximum absolute atomic E-state index is 12.8. The standard InChI is InChI=1S/C21H23N3O5S/c1-2-29-21(26)17-12-13-18(23-15-6-4-3-5-7-15)19(17)24-20(25)14-8-10-16(11-9-14)30(22,27)28/h3-11,18,23H,2,12-13H2,1H3,(H,24,25)(H2,22,27,28). The van der Waals surface area contributed by atoms with Gasteiger partial charge in [0.1, 0.15) is 0 Å². The van der Waals surface area contributed by atoms with E-state index < -0.39 is 21.9 Å². The van der Waals surface area contributed by atoms with Crippen LogP contribution in [0.15, 0.2) is 70.8 Å². The van der Waals surface area contributed by atoms with Gasteiger partial charge in [-0.3, -0.25) is 4.79 Å². The van der Waals surface area contributed by atoms with Crippen LogP contribution in [-0.4, -0.2) is 32.9 Å². The quantitative estimate of drug-likeness (QED) is 0.579. The summed E-state index contributed by atoms with van der Waals surface area (Å²) in [6.07, 6.45) is 1.08. The Morgan fingerprint density at radius 2 is 1.77 bits per heavy atom. The normalized spacial score (nSPS) is 16.3. The van der Waals surface area contributed by atoms with Crippen molar-refractivity contribution in [2.24, 2.45) is 5.14 Å². The summed E-state index contributed by atoms with van der Waals surface area (Å²) in [6, 6.07) is 14.5. The lowest BCUT2D eigenvalue weighted by Crippen LogP contribution is -2.33. The minimum Gasteiger partial charge on any atom is -0.463 e. The van der Waals surface area contributed by atoms with Gasteiger partial charge in [-0.05, 0) is 56.2 Å². The molecule has 0 fully saturated rings. The van der Waals surface area contributed by atoms with Crippen molar-refractivity contribution < 1.29 is 22.7 Å². The summed E-state index contributed by atoms with van der Waals surface area (Å²) in [7, 11) is -3.85. The summed E-state index contributed by atoms with van der Waals surface area (Å²) in [5.74, 6) is -0.927. The van der Waals surface area contributed by atoms with Gasteiger partial charge in [-0.15, -0.1) is 0 Å². The van der Waals surface area contributed by atoms with Crippen molar-refractivity contribution in [1.82, 2.24) is 5.32 Å². The molecule has 0 saturated heterocycles. The molecule has 0 spiro atoms. The van der Waals surface area contributed by atoms with Gasteiger partial charge in [-0.1, -0.05) is 18.2 Å². The van der Waals surface area contributed by atoms with E-state index in [1.165, 1.54) is 24.3 Å². The molecule has 1 unspecified atom stereocenters. The van der Waals surface area contributed by atoms with Gasteiger partial charge >= 0.3 is 5.97 Å². The summed E-state index contributed by atoms with van der Waals surface area (Å²) in [4.78, 5) is 25.1. The number of amides is 1. The topological polar surface area (TPSA) is 128 Å². The van der Waals surface area contributed by atoms with Crippen LogP contribution in [0.2, 0.25) is 0 Å². The minimum absolute atomic E-state index is 0.0880. The van der Waals surface area contributed by atoms with E-state index in [1.54, 1.807) is 6.92 Å². The van der Waals surface area contributed by atoms with E-state index in [2.05, 4.69) is 10.6 Å². The number of nitrogens with one attached hydrogen (secondary N) is 2. The molecule has 0 heterocycles. The molecule has 0 saturated carbocycles.